The molecule has 0 radical (unpaired) electrons. The van der Waals surface area contributed by atoms with Gasteiger partial charge in [-0.2, -0.15) is 0 Å². The zero-order chi connectivity index (χ0) is 14.9. The zero-order valence-corrected chi connectivity index (χ0v) is 12.4. The first-order valence-electron chi connectivity index (χ1n) is 6.19. The first kappa shape index (κ1) is 14.2. The lowest BCUT2D eigenvalue weighted by molar-refractivity contribution is -0.126. The maximum Gasteiger partial charge on any atom is 0.265 e. The Hall–Kier alpha value is -1.80. The number of rotatable bonds is 3. The molecule has 1 amide bonds. The molecule has 2 aromatic rings. The third-order valence-corrected chi connectivity index (χ3v) is 4.05. The zero-order valence-electron chi connectivity index (χ0n) is 10.8. The monoisotopic (exact) mass is 327 g/mol. The van der Waals surface area contributed by atoms with Crippen molar-refractivity contribution in [2.45, 2.75) is 12.1 Å². The summed E-state index contributed by atoms with van der Waals surface area (Å²) in [6.45, 7) is 0.273. The van der Waals surface area contributed by atoms with Gasteiger partial charge in [-0.05, 0) is 0 Å². The minimum absolute atomic E-state index is 0.0796. The number of aromatic nitrogens is 3. The number of hydrogen-bond donors (Lipinski definition) is 1. The molecule has 1 N–H and O–H groups in total. The van der Waals surface area contributed by atoms with Crippen LogP contribution in [0, 0.1) is 0 Å². The summed E-state index contributed by atoms with van der Waals surface area (Å²) in [5.74, 6) is -0.324. The fourth-order valence-corrected chi connectivity index (χ4v) is 2.71. The van der Waals surface area contributed by atoms with E-state index in [1.807, 2.05) is 0 Å². The normalized spacial score (nSPS) is 21.5. The molecule has 1 unspecified atom stereocenters. The third kappa shape index (κ3) is 2.96. The number of thiazole rings is 1. The Morgan fingerprint density at radius 1 is 1.43 bits per heavy atom. The van der Waals surface area contributed by atoms with Crippen molar-refractivity contribution >= 4 is 39.9 Å². The number of nitrogens with one attached hydrogen (secondary N) is 1. The third-order valence-electron chi connectivity index (χ3n) is 3.17. The van der Waals surface area contributed by atoms with Gasteiger partial charge >= 0.3 is 0 Å². The molecule has 2 aromatic heterocycles. The van der Waals surface area contributed by atoms with E-state index in [2.05, 4.69) is 20.3 Å². The quantitative estimate of drug-likeness (QED) is 0.935. The van der Waals surface area contributed by atoms with Crippen LogP contribution in [-0.4, -0.2) is 39.6 Å². The van der Waals surface area contributed by atoms with Gasteiger partial charge in [0.25, 0.3) is 5.91 Å². The fraction of sp³-hybridized carbons (Fsp3) is 0.333. The average molecular weight is 328 g/mol. The van der Waals surface area contributed by atoms with Crippen LogP contribution in [0.1, 0.15) is 6.42 Å². The lowest BCUT2D eigenvalue weighted by Gasteiger charge is -2.19. The molecule has 110 valence electrons. The number of nitrogens with zero attached hydrogens (tertiary/aromatic N) is 4. The van der Waals surface area contributed by atoms with Gasteiger partial charge in [-0.25, -0.2) is 19.3 Å². The Bertz CT molecular complexity index is 638. The van der Waals surface area contributed by atoms with Crippen LogP contribution in [-0.2, 0) is 4.79 Å². The lowest BCUT2D eigenvalue weighted by atomic mass is 10.1. The first-order valence-corrected chi connectivity index (χ1v) is 7.45. The van der Waals surface area contributed by atoms with Gasteiger partial charge in [-0.15, -0.1) is 11.3 Å². The van der Waals surface area contributed by atoms with E-state index >= 15 is 0 Å². The van der Waals surface area contributed by atoms with Gasteiger partial charge in [0.05, 0.1) is 24.0 Å². The second-order valence-corrected chi connectivity index (χ2v) is 5.96. The van der Waals surface area contributed by atoms with Gasteiger partial charge in [0.15, 0.2) is 5.13 Å². The van der Waals surface area contributed by atoms with Crippen molar-refractivity contribution in [1.82, 2.24) is 15.0 Å². The molecule has 3 rings (SSSR count). The van der Waals surface area contributed by atoms with Gasteiger partial charge in [-0.1, -0.05) is 11.6 Å². The average Bonchev–Trinajstić information content (AvgIpc) is 3.10. The highest BCUT2D eigenvalue weighted by molar-refractivity contribution is 7.13. The minimum atomic E-state index is -1.98. The minimum Gasteiger partial charge on any atom is -0.337 e. The number of carbonyl (C=O) groups excluding carboxylic acids is 1. The van der Waals surface area contributed by atoms with E-state index in [4.69, 9.17) is 11.6 Å². The molecule has 1 fully saturated rings. The van der Waals surface area contributed by atoms with E-state index in [0.717, 1.165) is 0 Å². The second-order valence-electron chi connectivity index (χ2n) is 4.63. The summed E-state index contributed by atoms with van der Waals surface area (Å²) in [4.78, 5) is 25.7. The van der Waals surface area contributed by atoms with Crippen molar-refractivity contribution < 1.29 is 9.18 Å². The number of alkyl halides is 1. The molecule has 6 nitrogen and oxygen atoms in total. The summed E-state index contributed by atoms with van der Waals surface area (Å²) in [6, 6.07) is 0. The number of carbonyl (C=O) groups is 1. The molecule has 0 saturated carbocycles. The predicted octanol–water partition coefficient (Wildman–Crippen LogP) is 2.14. The van der Waals surface area contributed by atoms with Gasteiger partial charge in [0, 0.05) is 24.5 Å². The molecule has 1 saturated heterocycles. The number of halogens is 2. The van der Waals surface area contributed by atoms with E-state index < -0.39 is 11.6 Å². The van der Waals surface area contributed by atoms with Crippen molar-refractivity contribution in [3.8, 4) is 0 Å². The molecule has 0 spiro atoms. The lowest BCUT2D eigenvalue weighted by Crippen LogP contribution is -2.41. The summed E-state index contributed by atoms with van der Waals surface area (Å²) in [7, 11) is 0. The Kier molecular flexibility index (Phi) is 3.73. The molecule has 1 aliphatic heterocycles. The van der Waals surface area contributed by atoms with Gasteiger partial charge in [-0.3, -0.25) is 10.1 Å². The summed E-state index contributed by atoms with van der Waals surface area (Å²) in [5, 5.41) is 5.00. The molecular formula is C12H11ClFN5OS. The van der Waals surface area contributed by atoms with Crippen molar-refractivity contribution in [3.63, 3.8) is 0 Å². The SMILES string of the molecule is O=C(Nc1nccs1)C1(F)CCN(c2ncc(Cl)cn2)C1. The smallest absolute Gasteiger partial charge is 0.265 e. The maximum absolute atomic E-state index is 14.8. The molecule has 1 aliphatic rings. The standard InChI is InChI=1S/C12H11ClFN5OS/c13-8-5-16-10(17-6-8)19-3-1-12(14,7-19)9(20)18-11-15-2-4-21-11/h2,4-6H,1,3,7H2,(H,15,18,20). The highest BCUT2D eigenvalue weighted by Crippen LogP contribution is 2.29. The molecule has 1 atom stereocenters. The molecule has 9 heteroatoms. The van der Waals surface area contributed by atoms with Crippen LogP contribution < -0.4 is 10.2 Å². The van der Waals surface area contributed by atoms with Crippen LogP contribution in [0.3, 0.4) is 0 Å². The van der Waals surface area contributed by atoms with E-state index in [1.165, 1.54) is 23.7 Å². The Morgan fingerprint density at radius 2 is 2.19 bits per heavy atom. The molecule has 0 bridgehead atoms. The fourth-order valence-electron chi connectivity index (χ4n) is 2.09. The van der Waals surface area contributed by atoms with E-state index in [0.29, 0.717) is 22.6 Å². The van der Waals surface area contributed by atoms with E-state index in [9.17, 15) is 9.18 Å². The van der Waals surface area contributed by atoms with Crippen molar-refractivity contribution in [1.29, 1.82) is 0 Å². The van der Waals surface area contributed by atoms with Gasteiger partial charge < -0.3 is 4.90 Å². The van der Waals surface area contributed by atoms with Gasteiger partial charge in [0.2, 0.25) is 11.6 Å². The molecule has 0 aliphatic carbocycles. The highest BCUT2D eigenvalue weighted by atomic mass is 35.5. The topological polar surface area (TPSA) is 71.0 Å². The van der Waals surface area contributed by atoms with E-state index in [-0.39, 0.29) is 13.0 Å². The molecule has 3 heterocycles. The van der Waals surface area contributed by atoms with Crippen LogP contribution in [0.15, 0.2) is 24.0 Å². The summed E-state index contributed by atoms with van der Waals surface area (Å²) >= 11 is 6.96. The van der Waals surface area contributed by atoms with Crippen LogP contribution >= 0.6 is 22.9 Å². The Morgan fingerprint density at radius 3 is 2.86 bits per heavy atom. The van der Waals surface area contributed by atoms with Crippen LogP contribution in [0.4, 0.5) is 15.5 Å². The predicted molar refractivity (Wildman–Crippen MR) is 78.5 cm³/mol. The second kappa shape index (κ2) is 5.53. The maximum atomic E-state index is 14.8. The van der Waals surface area contributed by atoms with Crippen molar-refractivity contribution in [2.24, 2.45) is 0 Å². The Balaban J connectivity index is 1.69. The van der Waals surface area contributed by atoms with Gasteiger partial charge in [0.1, 0.15) is 0 Å². The largest absolute Gasteiger partial charge is 0.337 e. The summed E-state index contributed by atoms with van der Waals surface area (Å²) in [6.07, 6.45) is 4.51. The van der Waals surface area contributed by atoms with Crippen molar-refractivity contribution in [3.05, 3.63) is 29.0 Å². The number of anilines is 2. The number of amides is 1. The van der Waals surface area contributed by atoms with Crippen LogP contribution in [0.5, 0.6) is 0 Å². The van der Waals surface area contributed by atoms with Crippen LogP contribution in [0.25, 0.3) is 0 Å². The summed E-state index contributed by atoms with van der Waals surface area (Å²) < 4.78 is 14.8. The van der Waals surface area contributed by atoms with E-state index in [1.54, 1.807) is 16.5 Å². The number of hydrogen-bond acceptors (Lipinski definition) is 6. The van der Waals surface area contributed by atoms with Crippen LogP contribution in [0.2, 0.25) is 5.02 Å². The highest BCUT2D eigenvalue weighted by Gasteiger charge is 2.46. The molecule has 21 heavy (non-hydrogen) atoms. The summed E-state index contributed by atoms with van der Waals surface area (Å²) in [5.41, 5.74) is -1.98. The van der Waals surface area contributed by atoms with Crippen molar-refractivity contribution in [2.75, 3.05) is 23.3 Å². The Labute approximate surface area is 129 Å². The molecule has 0 aromatic carbocycles. The molecular weight excluding hydrogens is 317 g/mol. The first-order chi connectivity index (χ1) is 10.1.